The average Bonchev–Trinajstić information content (AvgIpc) is 3.17. The van der Waals surface area contributed by atoms with Crippen LogP contribution in [0.3, 0.4) is 0 Å². The van der Waals surface area contributed by atoms with Gasteiger partial charge in [-0.25, -0.2) is 4.98 Å². The Morgan fingerprint density at radius 3 is 2.10 bits per heavy atom. The van der Waals surface area contributed by atoms with Gasteiger partial charge in [0.1, 0.15) is 5.69 Å². The van der Waals surface area contributed by atoms with E-state index in [9.17, 15) is 14.4 Å². The molecule has 2 aromatic carbocycles. The van der Waals surface area contributed by atoms with Gasteiger partial charge in [-0.15, -0.1) is 0 Å². The second-order valence-electron chi connectivity index (χ2n) is 5.85. The minimum absolute atomic E-state index is 0.0380. The molecule has 0 aliphatic carbocycles. The van der Waals surface area contributed by atoms with Crippen molar-refractivity contribution < 1.29 is 14.4 Å². The molecule has 0 aliphatic heterocycles. The number of halogens is 2. The first-order chi connectivity index (χ1) is 13.9. The summed E-state index contributed by atoms with van der Waals surface area (Å²) in [5.74, 6) is -1.38. The first-order valence-electron chi connectivity index (χ1n) is 8.31. The fourth-order valence-electron chi connectivity index (χ4n) is 2.49. The van der Waals surface area contributed by atoms with Crippen molar-refractivity contribution in [1.82, 2.24) is 15.3 Å². The average molecular weight is 432 g/mol. The standard InChI is InChI=1S/C19H15Cl2N5O3/c1-22-18(28)15-16(24-9-23-15)19(29)25-13-4-2-10(3-5-13)17(27)26-14-7-11(20)6-12(21)8-14/h2-9H,1H3,(H,22,28)(H,23,24)(H,25,29)(H,26,27). The molecule has 0 unspecified atom stereocenters. The van der Waals surface area contributed by atoms with Gasteiger partial charge in [0.25, 0.3) is 17.7 Å². The molecule has 1 aromatic heterocycles. The zero-order valence-electron chi connectivity index (χ0n) is 15.0. The number of aromatic nitrogens is 2. The van der Waals surface area contributed by atoms with Gasteiger partial charge in [-0.05, 0) is 42.5 Å². The van der Waals surface area contributed by atoms with Gasteiger partial charge in [-0.2, -0.15) is 0 Å². The van der Waals surface area contributed by atoms with Crippen LogP contribution in [0, 0.1) is 0 Å². The summed E-state index contributed by atoms with van der Waals surface area (Å²) < 4.78 is 0. The van der Waals surface area contributed by atoms with Gasteiger partial charge in [0.2, 0.25) is 0 Å². The molecule has 4 N–H and O–H groups in total. The number of hydrogen-bond acceptors (Lipinski definition) is 4. The zero-order valence-corrected chi connectivity index (χ0v) is 16.6. The van der Waals surface area contributed by atoms with Crippen LogP contribution >= 0.6 is 23.2 Å². The van der Waals surface area contributed by atoms with Crippen LogP contribution in [0.25, 0.3) is 0 Å². The number of nitrogens with zero attached hydrogens (tertiary/aromatic N) is 1. The third kappa shape index (κ3) is 4.92. The van der Waals surface area contributed by atoms with Gasteiger partial charge in [-0.1, -0.05) is 23.2 Å². The number of anilines is 2. The van der Waals surface area contributed by atoms with Gasteiger partial charge < -0.3 is 20.9 Å². The Labute approximate surface area is 175 Å². The lowest BCUT2D eigenvalue weighted by Gasteiger charge is -2.08. The van der Waals surface area contributed by atoms with E-state index in [1.807, 2.05) is 0 Å². The number of aromatic amines is 1. The molecule has 0 fully saturated rings. The van der Waals surface area contributed by atoms with Crippen LogP contribution in [0.4, 0.5) is 11.4 Å². The monoisotopic (exact) mass is 431 g/mol. The lowest BCUT2D eigenvalue weighted by Crippen LogP contribution is -2.23. The quantitative estimate of drug-likeness (QED) is 0.493. The summed E-state index contributed by atoms with van der Waals surface area (Å²) in [5.41, 5.74) is 1.28. The minimum atomic E-state index is -0.560. The summed E-state index contributed by atoms with van der Waals surface area (Å²) in [7, 11) is 1.45. The Hall–Kier alpha value is -3.36. The van der Waals surface area contributed by atoms with Crippen molar-refractivity contribution >= 4 is 52.3 Å². The highest BCUT2D eigenvalue weighted by Crippen LogP contribution is 2.23. The molecule has 0 atom stereocenters. The van der Waals surface area contributed by atoms with Crippen LogP contribution in [-0.4, -0.2) is 34.7 Å². The van der Waals surface area contributed by atoms with Crippen molar-refractivity contribution in [3.05, 3.63) is 75.8 Å². The number of H-pyrrole nitrogens is 1. The Bertz CT molecular complexity index is 1060. The maximum atomic E-state index is 12.4. The summed E-state index contributed by atoms with van der Waals surface area (Å²) in [4.78, 5) is 43.0. The molecule has 3 aromatic rings. The van der Waals surface area contributed by atoms with Crippen molar-refractivity contribution in [2.45, 2.75) is 0 Å². The molecular weight excluding hydrogens is 417 g/mol. The summed E-state index contributed by atoms with van der Waals surface area (Å²) in [6, 6.07) is 10.9. The van der Waals surface area contributed by atoms with E-state index in [2.05, 4.69) is 25.9 Å². The fourth-order valence-corrected chi connectivity index (χ4v) is 3.02. The van der Waals surface area contributed by atoms with Crippen molar-refractivity contribution in [2.24, 2.45) is 0 Å². The molecule has 148 valence electrons. The SMILES string of the molecule is CNC(=O)c1[nH]cnc1C(=O)Nc1ccc(C(=O)Nc2cc(Cl)cc(Cl)c2)cc1. The smallest absolute Gasteiger partial charge is 0.276 e. The number of nitrogens with one attached hydrogen (secondary N) is 4. The maximum absolute atomic E-state index is 12.4. The third-order valence-electron chi connectivity index (χ3n) is 3.83. The van der Waals surface area contributed by atoms with E-state index in [0.717, 1.165) is 0 Å². The van der Waals surface area contributed by atoms with E-state index < -0.39 is 11.8 Å². The first-order valence-corrected chi connectivity index (χ1v) is 9.07. The second-order valence-corrected chi connectivity index (χ2v) is 6.72. The number of benzene rings is 2. The number of imidazole rings is 1. The number of amides is 3. The highest BCUT2D eigenvalue weighted by atomic mass is 35.5. The molecule has 0 radical (unpaired) electrons. The second kappa shape index (κ2) is 8.76. The van der Waals surface area contributed by atoms with Gasteiger partial charge in [0.15, 0.2) is 5.69 Å². The highest BCUT2D eigenvalue weighted by molar-refractivity contribution is 6.35. The zero-order chi connectivity index (χ0) is 21.0. The molecule has 0 spiro atoms. The van der Waals surface area contributed by atoms with Crippen LogP contribution < -0.4 is 16.0 Å². The van der Waals surface area contributed by atoms with Crippen molar-refractivity contribution in [2.75, 3.05) is 17.7 Å². The summed E-state index contributed by atoms with van der Waals surface area (Å²) in [6.07, 6.45) is 1.26. The summed E-state index contributed by atoms with van der Waals surface area (Å²) in [6.45, 7) is 0. The van der Waals surface area contributed by atoms with Gasteiger partial charge in [0.05, 0.1) is 6.33 Å². The third-order valence-corrected chi connectivity index (χ3v) is 4.27. The number of hydrogen-bond donors (Lipinski definition) is 4. The normalized spacial score (nSPS) is 10.3. The van der Waals surface area contributed by atoms with Crippen molar-refractivity contribution in [3.8, 4) is 0 Å². The van der Waals surface area contributed by atoms with Gasteiger partial charge >= 0.3 is 0 Å². The van der Waals surface area contributed by atoms with E-state index in [1.165, 1.54) is 13.4 Å². The predicted molar refractivity (Wildman–Crippen MR) is 111 cm³/mol. The number of carbonyl (C=O) groups excluding carboxylic acids is 3. The molecule has 10 heteroatoms. The lowest BCUT2D eigenvalue weighted by atomic mass is 10.2. The molecule has 0 aliphatic rings. The van der Waals surface area contributed by atoms with Crippen LogP contribution in [0.2, 0.25) is 10.0 Å². The largest absolute Gasteiger partial charge is 0.354 e. The Balaban J connectivity index is 1.68. The molecule has 3 rings (SSSR count). The van der Waals surface area contributed by atoms with E-state index in [1.54, 1.807) is 42.5 Å². The van der Waals surface area contributed by atoms with Crippen molar-refractivity contribution in [1.29, 1.82) is 0 Å². The summed E-state index contributed by atoms with van der Waals surface area (Å²) in [5, 5.41) is 8.55. The van der Waals surface area contributed by atoms with Gasteiger partial charge in [0, 0.05) is 34.0 Å². The molecular formula is C19H15Cl2N5O3. The van der Waals surface area contributed by atoms with Crippen molar-refractivity contribution in [3.63, 3.8) is 0 Å². The maximum Gasteiger partial charge on any atom is 0.276 e. The molecule has 29 heavy (non-hydrogen) atoms. The van der Waals surface area contributed by atoms with E-state index >= 15 is 0 Å². The van der Waals surface area contributed by atoms with Crippen LogP contribution in [-0.2, 0) is 0 Å². The topological polar surface area (TPSA) is 116 Å². The Morgan fingerprint density at radius 2 is 1.48 bits per heavy atom. The van der Waals surface area contributed by atoms with E-state index in [-0.39, 0.29) is 17.3 Å². The predicted octanol–water partition coefficient (Wildman–Crippen LogP) is 3.58. The number of carbonyl (C=O) groups is 3. The summed E-state index contributed by atoms with van der Waals surface area (Å²) >= 11 is 11.8. The Morgan fingerprint density at radius 1 is 0.862 bits per heavy atom. The van der Waals surface area contributed by atoms with Crippen LogP contribution in [0.5, 0.6) is 0 Å². The molecule has 1 heterocycles. The van der Waals surface area contributed by atoms with Crippen LogP contribution in [0.15, 0.2) is 48.8 Å². The molecule has 0 saturated carbocycles. The lowest BCUT2D eigenvalue weighted by molar-refractivity contribution is 0.0943. The van der Waals surface area contributed by atoms with Gasteiger partial charge in [-0.3, -0.25) is 14.4 Å². The first kappa shape index (κ1) is 20.4. The highest BCUT2D eigenvalue weighted by Gasteiger charge is 2.19. The van der Waals surface area contributed by atoms with E-state index in [0.29, 0.717) is 27.0 Å². The van der Waals surface area contributed by atoms with E-state index in [4.69, 9.17) is 23.2 Å². The molecule has 8 nitrogen and oxygen atoms in total. The molecule has 3 amide bonds. The molecule has 0 saturated heterocycles. The van der Waals surface area contributed by atoms with Crippen LogP contribution in [0.1, 0.15) is 31.3 Å². The molecule has 0 bridgehead atoms. The number of rotatable bonds is 5. The Kier molecular flexibility index (Phi) is 6.16. The fraction of sp³-hybridized carbons (Fsp3) is 0.0526. The minimum Gasteiger partial charge on any atom is -0.354 e.